The third-order valence-corrected chi connectivity index (χ3v) is 4.56. The largest absolute Gasteiger partial charge is 0.459 e. The molecule has 1 unspecified atom stereocenters. The normalized spacial score (nSPS) is 16.4. The van der Waals surface area contributed by atoms with E-state index in [0.29, 0.717) is 5.13 Å². The molecule has 25 heavy (non-hydrogen) atoms. The zero-order valence-corrected chi connectivity index (χ0v) is 14.7. The van der Waals surface area contributed by atoms with Crippen LogP contribution in [0.1, 0.15) is 23.2 Å². The van der Waals surface area contributed by atoms with Crippen LogP contribution in [0.15, 0.2) is 28.2 Å². The highest BCUT2D eigenvalue weighted by Crippen LogP contribution is 2.17. The molecule has 0 bridgehead atoms. The molecule has 2 aromatic heterocycles. The number of thiazole rings is 1. The number of morpholine rings is 1. The van der Waals surface area contributed by atoms with Crippen molar-refractivity contribution in [3.63, 3.8) is 0 Å². The first-order valence-corrected chi connectivity index (χ1v) is 8.89. The summed E-state index contributed by atoms with van der Waals surface area (Å²) >= 11 is 1.37. The van der Waals surface area contributed by atoms with E-state index < -0.39 is 11.9 Å². The van der Waals surface area contributed by atoms with Crippen LogP contribution in [0.25, 0.3) is 0 Å². The SMILES string of the molecule is CC(NC(=O)c1ccco1)C(=O)Nc1nc(CN2CCOCC2)cs1. The number of nitrogens with zero attached hydrogens (tertiary/aromatic N) is 2. The van der Waals surface area contributed by atoms with Crippen LogP contribution < -0.4 is 10.6 Å². The van der Waals surface area contributed by atoms with Gasteiger partial charge >= 0.3 is 0 Å². The fraction of sp³-hybridized carbons (Fsp3) is 0.438. The molecule has 1 aliphatic heterocycles. The topological polar surface area (TPSA) is 96.7 Å². The van der Waals surface area contributed by atoms with Gasteiger partial charge in [-0.3, -0.25) is 14.5 Å². The lowest BCUT2D eigenvalue weighted by Crippen LogP contribution is -2.41. The molecular weight excluding hydrogens is 344 g/mol. The second kappa shape index (κ2) is 8.24. The minimum atomic E-state index is -0.704. The molecule has 0 aromatic carbocycles. The van der Waals surface area contributed by atoms with Gasteiger partial charge < -0.3 is 19.8 Å². The molecule has 0 spiro atoms. The first kappa shape index (κ1) is 17.6. The molecule has 134 valence electrons. The molecule has 1 fully saturated rings. The van der Waals surface area contributed by atoms with Crippen molar-refractivity contribution in [2.45, 2.75) is 19.5 Å². The van der Waals surface area contributed by atoms with Gasteiger partial charge in [0.25, 0.3) is 5.91 Å². The highest BCUT2D eigenvalue weighted by molar-refractivity contribution is 7.13. The van der Waals surface area contributed by atoms with E-state index in [-0.39, 0.29) is 11.7 Å². The van der Waals surface area contributed by atoms with Crippen LogP contribution in [0.3, 0.4) is 0 Å². The minimum absolute atomic E-state index is 0.168. The van der Waals surface area contributed by atoms with Crippen molar-refractivity contribution in [2.24, 2.45) is 0 Å². The van der Waals surface area contributed by atoms with Crippen LogP contribution in [-0.2, 0) is 16.1 Å². The third-order valence-electron chi connectivity index (χ3n) is 3.76. The van der Waals surface area contributed by atoms with E-state index in [4.69, 9.17) is 9.15 Å². The van der Waals surface area contributed by atoms with Crippen molar-refractivity contribution in [1.29, 1.82) is 0 Å². The highest BCUT2D eigenvalue weighted by Gasteiger charge is 2.19. The molecule has 3 heterocycles. The number of nitrogens with one attached hydrogen (secondary N) is 2. The van der Waals surface area contributed by atoms with Crippen molar-refractivity contribution in [2.75, 3.05) is 31.6 Å². The Kier molecular flexibility index (Phi) is 5.79. The van der Waals surface area contributed by atoms with Crippen molar-refractivity contribution in [3.05, 3.63) is 35.2 Å². The van der Waals surface area contributed by atoms with E-state index >= 15 is 0 Å². The Morgan fingerprint density at radius 3 is 2.92 bits per heavy atom. The van der Waals surface area contributed by atoms with Gasteiger partial charge in [0, 0.05) is 25.0 Å². The van der Waals surface area contributed by atoms with Gasteiger partial charge in [-0.1, -0.05) is 0 Å². The molecular formula is C16H20N4O4S. The van der Waals surface area contributed by atoms with E-state index in [1.165, 1.54) is 17.6 Å². The molecule has 2 aromatic rings. The summed E-state index contributed by atoms with van der Waals surface area (Å²) in [6.07, 6.45) is 1.41. The van der Waals surface area contributed by atoms with Gasteiger partial charge in [-0.2, -0.15) is 0 Å². The lowest BCUT2D eigenvalue weighted by atomic mass is 10.3. The summed E-state index contributed by atoms with van der Waals surface area (Å²) in [6, 6.07) is 2.45. The average Bonchev–Trinajstić information content (AvgIpc) is 3.28. The number of hydrogen-bond acceptors (Lipinski definition) is 7. The number of rotatable bonds is 6. The molecule has 9 heteroatoms. The summed E-state index contributed by atoms with van der Waals surface area (Å²) in [4.78, 5) is 30.8. The van der Waals surface area contributed by atoms with E-state index in [2.05, 4.69) is 20.5 Å². The lowest BCUT2D eigenvalue weighted by Gasteiger charge is -2.25. The molecule has 0 aliphatic carbocycles. The summed E-state index contributed by atoms with van der Waals surface area (Å²) in [5.74, 6) is -0.589. The zero-order chi connectivity index (χ0) is 17.6. The van der Waals surface area contributed by atoms with Gasteiger partial charge in [0.1, 0.15) is 6.04 Å². The summed E-state index contributed by atoms with van der Waals surface area (Å²) < 4.78 is 10.3. The highest BCUT2D eigenvalue weighted by atomic mass is 32.1. The maximum absolute atomic E-state index is 12.2. The number of furan rings is 1. The van der Waals surface area contributed by atoms with Crippen LogP contribution in [0.5, 0.6) is 0 Å². The standard InChI is InChI=1S/C16H20N4O4S/c1-11(17-15(22)13-3-2-6-24-13)14(21)19-16-18-12(10-25-16)9-20-4-7-23-8-5-20/h2-3,6,10-11H,4-5,7-9H2,1H3,(H,17,22)(H,18,19,21). The van der Waals surface area contributed by atoms with Gasteiger partial charge in [0.05, 0.1) is 25.2 Å². The van der Waals surface area contributed by atoms with E-state index in [1.807, 2.05) is 5.38 Å². The number of ether oxygens (including phenoxy) is 1. The number of aromatic nitrogens is 1. The molecule has 8 nitrogen and oxygen atoms in total. The minimum Gasteiger partial charge on any atom is -0.459 e. The molecule has 3 rings (SSSR count). The van der Waals surface area contributed by atoms with E-state index in [9.17, 15) is 9.59 Å². The molecule has 2 amide bonds. The van der Waals surface area contributed by atoms with Crippen molar-refractivity contribution in [3.8, 4) is 0 Å². The van der Waals surface area contributed by atoms with Crippen LogP contribution in [-0.4, -0.2) is 54.0 Å². The Bertz CT molecular complexity index is 710. The number of hydrogen-bond donors (Lipinski definition) is 2. The first-order chi connectivity index (χ1) is 12.1. The van der Waals surface area contributed by atoms with Crippen LogP contribution in [0, 0.1) is 0 Å². The number of carbonyl (C=O) groups excluding carboxylic acids is 2. The predicted molar refractivity (Wildman–Crippen MR) is 92.5 cm³/mol. The van der Waals surface area contributed by atoms with Crippen molar-refractivity contribution >= 4 is 28.3 Å². The van der Waals surface area contributed by atoms with Crippen LogP contribution in [0.2, 0.25) is 0 Å². The fourth-order valence-corrected chi connectivity index (χ4v) is 3.08. The molecule has 0 saturated carbocycles. The third kappa shape index (κ3) is 4.88. The van der Waals surface area contributed by atoms with Gasteiger partial charge in [-0.05, 0) is 19.1 Å². The Morgan fingerprint density at radius 1 is 1.40 bits per heavy atom. The molecule has 1 saturated heterocycles. The number of amides is 2. The Hall–Kier alpha value is -2.23. The van der Waals surface area contributed by atoms with Crippen molar-refractivity contribution in [1.82, 2.24) is 15.2 Å². The van der Waals surface area contributed by atoms with Gasteiger partial charge in [0.15, 0.2) is 10.9 Å². The quantitative estimate of drug-likeness (QED) is 0.803. The average molecular weight is 364 g/mol. The van der Waals surface area contributed by atoms with Gasteiger partial charge in [-0.25, -0.2) is 4.98 Å². The summed E-state index contributed by atoms with van der Waals surface area (Å²) in [5.41, 5.74) is 0.912. The Balaban J connectivity index is 1.49. The maximum Gasteiger partial charge on any atom is 0.287 e. The van der Waals surface area contributed by atoms with E-state index in [1.54, 1.807) is 19.1 Å². The Morgan fingerprint density at radius 2 is 2.20 bits per heavy atom. The monoisotopic (exact) mass is 364 g/mol. The molecule has 1 atom stereocenters. The van der Waals surface area contributed by atoms with Gasteiger partial charge in [-0.15, -0.1) is 11.3 Å². The number of carbonyl (C=O) groups is 2. The second-order valence-electron chi connectivity index (χ2n) is 5.69. The summed E-state index contributed by atoms with van der Waals surface area (Å²) in [7, 11) is 0. The Labute approximate surface area is 149 Å². The van der Waals surface area contributed by atoms with E-state index in [0.717, 1.165) is 38.5 Å². The lowest BCUT2D eigenvalue weighted by molar-refractivity contribution is -0.117. The van der Waals surface area contributed by atoms with Crippen LogP contribution >= 0.6 is 11.3 Å². The fourth-order valence-electron chi connectivity index (χ4n) is 2.38. The maximum atomic E-state index is 12.2. The second-order valence-corrected chi connectivity index (χ2v) is 6.55. The first-order valence-electron chi connectivity index (χ1n) is 8.01. The molecule has 2 N–H and O–H groups in total. The molecule has 1 aliphatic rings. The summed E-state index contributed by atoms with van der Waals surface area (Å²) in [6.45, 7) is 5.59. The van der Waals surface area contributed by atoms with Crippen LogP contribution in [0.4, 0.5) is 5.13 Å². The smallest absolute Gasteiger partial charge is 0.287 e. The van der Waals surface area contributed by atoms with Gasteiger partial charge in [0.2, 0.25) is 5.91 Å². The zero-order valence-electron chi connectivity index (χ0n) is 13.9. The predicted octanol–water partition coefficient (Wildman–Crippen LogP) is 1.33. The molecule has 0 radical (unpaired) electrons. The summed E-state index contributed by atoms with van der Waals surface area (Å²) in [5, 5.41) is 7.76. The number of anilines is 1. The van der Waals surface area contributed by atoms with Crippen molar-refractivity contribution < 1.29 is 18.7 Å².